The van der Waals surface area contributed by atoms with Crippen LogP contribution in [0.5, 0.6) is 0 Å². The smallest absolute Gasteiger partial charge is 0.140 e. The molecule has 1 aromatic heterocycles. The van der Waals surface area contributed by atoms with Gasteiger partial charge in [0.25, 0.3) is 0 Å². The SMILES string of the molecule is [2H]c1c([2H])c([2H])c(C2(c3cccc4c3oc3ccccc34)c3ccc(N(c4ccccc4)c4ccccc4)cc3-c3cc(N(c4ccccc4)c4ccccc4)ccc32)c([2H])c1[2H]. The van der Waals surface area contributed by atoms with Crippen molar-refractivity contribution in [1.29, 1.82) is 0 Å². The molecule has 1 aliphatic rings. The summed E-state index contributed by atoms with van der Waals surface area (Å²) < 4.78 is 53.2. The lowest BCUT2D eigenvalue weighted by Gasteiger charge is -2.34. The van der Waals surface area contributed by atoms with Gasteiger partial charge in [0, 0.05) is 50.5 Å². The standard InChI is InChI=1S/C55H38N2O/c1-6-19-39(20-7-1)55(52-31-18-30-47-46-29-16-17-32-53(46)58-54(47)52)50-35-33-44(56(40-21-8-2-9-22-40)41-23-10-3-11-24-41)37-48(50)49-38-45(34-36-51(49)55)57(42-25-12-4-13-26-42)43-27-14-5-15-28-43/h1-38H/i1D,6D,7D,19D,20D. The molecule has 9 aromatic carbocycles. The fourth-order valence-electron chi connectivity index (χ4n) is 8.96. The lowest BCUT2D eigenvalue weighted by atomic mass is 9.67. The van der Waals surface area contributed by atoms with Crippen molar-refractivity contribution in [2.45, 2.75) is 5.41 Å². The Balaban J connectivity index is 1.29. The summed E-state index contributed by atoms with van der Waals surface area (Å²) in [6.45, 7) is 0. The van der Waals surface area contributed by atoms with Crippen LogP contribution in [0.3, 0.4) is 0 Å². The second-order valence-electron chi connectivity index (χ2n) is 14.5. The van der Waals surface area contributed by atoms with Crippen molar-refractivity contribution >= 4 is 56.1 Å². The summed E-state index contributed by atoms with van der Waals surface area (Å²) >= 11 is 0. The molecule has 58 heavy (non-hydrogen) atoms. The number of nitrogens with zero attached hydrogens (tertiary/aromatic N) is 2. The van der Waals surface area contributed by atoms with Gasteiger partial charge in [0.2, 0.25) is 0 Å². The molecule has 0 saturated heterocycles. The highest BCUT2D eigenvalue weighted by atomic mass is 16.3. The molecule has 0 saturated carbocycles. The molecule has 0 atom stereocenters. The van der Waals surface area contributed by atoms with Crippen molar-refractivity contribution in [2.24, 2.45) is 0 Å². The zero-order valence-electron chi connectivity index (χ0n) is 36.4. The summed E-state index contributed by atoms with van der Waals surface area (Å²) in [5, 5.41) is 1.80. The molecule has 3 heteroatoms. The number of rotatable bonds is 8. The van der Waals surface area contributed by atoms with Crippen molar-refractivity contribution in [3.63, 3.8) is 0 Å². The first kappa shape index (κ1) is 28.7. The molecule has 0 bridgehead atoms. The van der Waals surface area contributed by atoms with Crippen molar-refractivity contribution in [2.75, 3.05) is 9.80 Å². The number of fused-ring (bicyclic) bond motifs is 6. The summed E-state index contributed by atoms with van der Waals surface area (Å²) in [5.74, 6) is 0. The van der Waals surface area contributed by atoms with Gasteiger partial charge in [-0.25, -0.2) is 0 Å². The first-order chi connectivity index (χ1) is 30.9. The number of benzene rings is 9. The predicted octanol–water partition coefficient (Wildman–Crippen LogP) is 14.9. The predicted molar refractivity (Wildman–Crippen MR) is 240 cm³/mol. The molecule has 10 aromatic rings. The average molecular weight is 748 g/mol. The largest absolute Gasteiger partial charge is 0.456 e. The lowest BCUT2D eigenvalue weighted by Crippen LogP contribution is -2.29. The Morgan fingerprint density at radius 2 is 0.828 bits per heavy atom. The highest BCUT2D eigenvalue weighted by Gasteiger charge is 2.48. The molecular weight excluding hydrogens is 705 g/mol. The summed E-state index contributed by atoms with van der Waals surface area (Å²) in [6.07, 6.45) is 0. The molecule has 0 amide bonds. The minimum absolute atomic E-state index is 0.160. The maximum Gasteiger partial charge on any atom is 0.140 e. The third-order valence-electron chi connectivity index (χ3n) is 11.4. The second-order valence-corrected chi connectivity index (χ2v) is 14.5. The van der Waals surface area contributed by atoms with E-state index in [4.69, 9.17) is 8.53 Å². The fraction of sp³-hybridized carbons (Fsp3) is 0.0182. The first-order valence-electron chi connectivity index (χ1n) is 21.9. The Bertz CT molecular complexity index is 3120. The Hall–Kier alpha value is -7.62. The molecule has 0 aliphatic heterocycles. The van der Waals surface area contributed by atoms with Gasteiger partial charge in [0.1, 0.15) is 11.2 Å². The molecule has 0 radical (unpaired) electrons. The molecule has 0 N–H and O–H groups in total. The highest BCUT2D eigenvalue weighted by Crippen LogP contribution is 2.59. The zero-order valence-corrected chi connectivity index (χ0v) is 31.4. The van der Waals surface area contributed by atoms with E-state index < -0.39 is 23.5 Å². The van der Waals surface area contributed by atoms with Crippen molar-refractivity contribution in [3.8, 4) is 11.1 Å². The fourth-order valence-corrected chi connectivity index (χ4v) is 8.96. The summed E-state index contributed by atoms with van der Waals surface area (Å²) in [4.78, 5) is 4.43. The van der Waals surface area contributed by atoms with Crippen LogP contribution in [-0.2, 0) is 5.41 Å². The van der Waals surface area contributed by atoms with Crippen LogP contribution in [-0.4, -0.2) is 0 Å². The van der Waals surface area contributed by atoms with Crippen molar-refractivity contribution < 1.29 is 11.3 Å². The average Bonchev–Trinajstić information content (AvgIpc) is 3.85. The Labute approximate surface area is 345 Å². The van der Waals surface area contributed by atoms with Gasteiger partial charge in [0.15, 0.2) is 0 Å². The van der Waals surface area contributed by atoms with E-state index in [9.17, 15) is 2.74 Å². The van der Waals surface area contributed by atoms with E-state index in [0.29, 0.717) is 16.7 Å². The van der Waals surface area contributed by atoms with E-state index in [2.05, 4.69) is 94.7 Å². The molecule has 1 heterocycles. The maximum atomic E-state index is 9.72. The Morgan fingerprint density at radius 3 is 1.33 bits per heavy atom. The molecule has 11 rings (SSSR count). The molecule has 274 valence electrons. The van der Waals surface area contributed by atoms with Gasteiger partial charge in [-0.1, -0.05) is 152 Å². The van der Waals surface area contributed by atoms with E-state index in [0.717, 1.165) is 67.2 Å². The minimum Gasteiger partial charge on any atom is -0.456 e. The third kappa shape index (κ3) is 5.28. The van der Waals surface area contributed by atoms with Crippen LogP contribution in [0.15, 0.2) is 235 Å². The summed E-state index contributed by atoms with van der Waals surface area (Å²) in [7, 11) is 0. The van der Waals surface area contributed by atoms with Crippen LogP contribution >= 0.6 is 0 Å². The third-order valence-corrected chi connectivity index (χ3v) is 11.4. The zero-order chi connectivity index (χ0) is 42.8. The Morgan fingerprint density at radius 1 is 0.379 bits per heavy atom. The van der Waals surface area contributed by atoms with E-state index in [1.807, 2.05) is 115 Å². The molecule has 0 unspecified atom stereocenters. The minimum atomic E-state index is -1.43. The molecular formula is C55H38N2O. The molecule has 0 spiro atoms. The Kier molecular flexibility index (Phi) is 6.86. The highest BCUT2D eigenvalue weighted by molar-refractivity contribution is 6.07. The number of hydrogen-bond acceptors (Lipinski definition) is 3. The van der Waals surface area contributed by atoms with Gasteiger partial charge in [-0.15, -0.1) is 0 Å². The van der Waals surface area contributed by atoms with Gasteiger partial charge in [-0.2, -0.15) is 0 Å². The second kappa shape index (κ2) is 13.8. The van der Waals surface area contributed by atoms with Crippen LogP contribution in [0, 0.1) is 0 Å². The topological polar surface area (TPSA) is 19.6 Å². The van der Waals surface area contributed by atoms with Crippen LogP contribution in [0.1, 0.15) is 29.1 Å². The van der Waals surface area contributed by atoms with E-state index in [1.54, 1.807) is 0 Å². The summed E-state index contributed by atoms with van der Waals surface area (Å²) in [6, 6.07) is 65.7. The van der Waals surface area contributed by atoms with E-state index in [1.165, 1.54) is 0 Å². The monoisotopic (exact) mass is 747 g/mol. The normalized spacial score (nSPS) is 13.8. The van der Waals surface area contributed by atoms with Crippen molar-refractivity contribution in [3.05, 3.63) is 253 Å². The number of para-hydroxylation sites is 6. The molecule has 3 nitrogen and oxygen atoms in total. The maximum absolute atomic E-state index is 9.72. The van der Waals surface area contributed by atoms with Crippen LogP contribution in [0.2, 0.25) is 0 Å². The van der Waals surface area contributed by atoms with Gasteiger partial charge in [0.05, 0.1) is 12.3 Å². The van der Waals surface area contributed by atoms with Gasteiger partial charge in [-0.05, 0) is 107 Å². The van der Waals surface area contributed by atoms with Crippen LogP contribution < -0.4 is 9.80 Å². The number of hydrogen-bond donors (Lipinski definition) is 0. The van der Waals surface area contributed by atoms with Gasteiger partial charge >= 0.3 is 0 Å². The van der Waals surface area contributed by atoms with Gasteiger partial charge < -0.3 is 14.2 Å². The van der Waals surface area contributed by atoms with E-state index in [-0.39, 0.29) is 17.6 Å². The summed E-state index contributed by atoms with van der Waals surface area (Å²) in [5.41, 5.74) is 9.64. The first-order valence-corrected chi connectivity index (χ1v) is 19.4. The van der Waals surface area contributed by atoms with Crippen LogP contribution in [0.25, 0.3) is 33.1 Å². The molecule has 1 aliphatic carbocycles. The van der Waals surface area contributed by atoms with Crippen molar-refractivity contribution in [1.82, 2.24) is 0 Å². The lowest BCUT2D eigenvalue weighted by molar-refractivity contribution is 0.648. The van der Waals surface area contributed by atoms with Crippen LogP contribution in [0.4, 0.5) is 34.1 Å². The number of furan rings is 1. The van der Waals surface area contributed by atoms with Gasteiger partial charge in [-0.3, -0.25) is 0 Å². The molecule has 0 fully saturated rings. The van der Waals surface area contributed by atoms with E-state index >= 15 is 0 Å². The number of anilines is 6. The quantitative estimate of drug-likeness (QED) is 0.154.